The zero-order valence-corrected chi connectivity index (χ0v) is 14.6. The molecule has 3 rings (SSSR count). The summed E-state index contributed by atoms with van der Waals surface area (Å²) < 4.78 is 0. The maximum atomic E-state index is 12.9. The summed E-state index contributed by atoms with van der Waals surface area (Å²) in [5, 5.41) is 2.96. The van der Waals surface area contributed by atoms with Gasteiger partial charge in [0, 0.05) is 23.6 Å². The molecule has 1 N–H and O–H groups in total. The van der Waals surface area contributed by atoms with Crippen LogP contribution in [0.15, 0.2) is 79.1 Å². The second kappa shape index (κ2) is 8.21. The first-order valence-corrected chi connectivity index (χ1v) is 8.49. The Labute approximate surface area is 152 Å². The minimum atomic E-state index is -0.314. The summed E-state index contributed by atoms with van der Waals surface area (Å²) in [5.41, 5.74) is 3.31. The lowest BCUT2D eigenvalue weighted by Gasteiger charge is -2.17. The van der Waals surface area contributed by atoms with Crippen molar-refractivity contribution in [1.82, 2.24) is 4.98 Å². The monoisotopic (exact) mass is 344 g/mol. The van der Waals surface area contributed by atoms with Gasteiger partial charge in [0.05, 0.1) is 5.92 Å². The molecule has 0 bridgehead atoms. The van der Waals surface area contributed by atoms with Crippen molar-refractivity contribution in [3.63, 3.8) is 0 Å². The summed E-state index contributed by atoms with van der Waals surface area (Å²) in [6, 6.07) is 20.5. The van der Waals surface area contributed by atoms with Crippen LogP contribution in [0.3, 0.4) is 0 Å². The fourth-order valence-corrected chi connectivity index (χ4v) is 2.82. The van der Waals surface area contributed by atoms with E-state index in [0.717, 1.165) is 11.1 Å². The van der Waals surface area contributed by atoms with Crippen LogP contribution in [0.5, 0.6) is 0 Å². The highest BCUT2D eigenvalue weighted by molar-refractivity contribution is 5.97. The number of carbonyl (C=O) groups is 2. The number of aromatic nitrogens is 1. The average molecular weight is 344 g/mol. The van der Waals surface area contributed by atoms with Crippen LogP contribution < -0.4 is 5.32 Å². The van der Waals surface area contributed by atoms with Crippen molar-refractivity contribution in [2.45, 2.75) is 19.3 Å². The van der Waals surface area contributed by atoms with Crippen molar-refractivity contribution in [3.8, 4) is 0 Å². The van der Waals surface area contributed by atoms with Gasteiger partial charge in [-0.3, -0.25) is 14.6 Å². The largest absolute Gasteiger partial charge is 0.326 e. The topological polar surface area (TPSA) is 59.1 Å². The van der Waals surface area contributed by atoms with E-state index in [-0.39, 0.29) is 17.6 Å². The Bertz CT molecular complexity index is 875. The van der Waals surface area contributed by atoms with E-state index in [1.165, 1.54) is 6.92 Å². The molecule has 4 heteroatoms. The molecule has 1 atom stereocenters. The number of hydrogen-bond acceptors (Lipinski definition) is 3. The number of hydrogen-bond donors (Lipinski definition) is 1. The number of ketones is 1. The third-order valence-electron chi connectivity index (χ3n) is 4.27. The van der Waals surface area contributed by atoms with Crippen molar-refractivity contribution in [3.05, 3.63) is 95.8 Å². The summed E-state index contributed by atoms with van der Waals surface area (Å²) in [4.78, 5) is 28.4. The Balaban J connectivity index is 1.81. The Morgan fingerprint density at radius 3 is 2.19 bits per heavy atom. The van der Waals surface area contributed by atoms with Gasteiger partial charge in [-0.2, -0.15) is 0 Å². The Morgan fingerprint density at radius 2 is 1.58 bits per heavy atom. The number of benzene rings is 2. The maximum Gasteiger partial charge on any atom is 0.232 e. The number of nitrogens with one attached hydrogen (secondary N) is 1. The molecular formula is C22H20N2O2. The van der Waals surface area contributed by atoms with Gasteiger partial charge in [-0.25, -0.2) is 0 Å². The first-order valence-electron chi connectivity index (χ1n) is 8.49. The number of amides is 1. The number of Topliss-reactive ketones (excluding diaryl/α,β-unsaturated/α-hetero) is 1. The first kappa shape index (κ1) is 17.5. The van der Waals surface area contributed by atoms with Gasteiger partial charge in [-0.1, -0.05) is 30.3 Å². The highest BCUT2D eigenvalue weighted by Gasteiger charge is 2.21. The third kappa shape index (κ3) is 4.42. The Hall–Kier alpha value is -3.27. The molecular weight excluding hydrogens is 324 g/mol. The molecule has 1 heterocycles. The van der Waals surface area contributed by atoms with Crippen molar-refractivity contribution in [1.29, 1.82) is 0 Å². The van der Waals surface area contributed by atoms with E-state index in [2.05, 4.69) is 10.3 Å². The average Bonchev–Trinajstić information content (AvgIpc) is 2.68. The van der Waals surface area contributed by atoms with E-state index < -0.39 is 0 Å². The van der Waals surface area contributed by atoms with Gasteiger partial charge in [0.15, 0.2) is 5.78 Å². The van der Waals surface area contributed by atoms with Crippen LogP contribution >= 0.6 is 0 Å². The number of anilines is 1. The highest BCUT2D eigenvalue weighted by atomic mass is 16.2. The van der Waals surface area contributed by atoms with Gasteiger partial charge in [-0.05, 0) is 60.9 Å². The molecule has 1 aromatic heterocycles. The van der Waals surface area contributed by atoms with Crippen molar-refractivity contribution < 1.29 is 9.59 Å². The lowest BCUT2D eigenvalue weighted by Crippen LogP contribution is -2.23. The van der Waals surface area contributed by atoms with Crippen molar-refractivity contribution in [2.75, 3.05) is 5.32 Å². The molecule has 4 nitrogen and oxygen atoms in total. The van der Waals surface area contributed by atoms with Crippen molar-refractivity contribution in [2.24, 2.45) is 0 Å². The second-order valence-electron chi connectivity index (χ2n) is 6.15. The molecule has 3 aromatic rings. The minimum Gasteiger partial charge on any atom is -0.326 e. The van der Waals surface area contributed by atoms with E-state index >= 15 is 0 Å². The van der Waals surface area contributed by atoms with Gasteiger partial charge in [0.1, 0.15) is 0 Å². The standard InChI is InChI=1S/C22H20N2O2/c1-16(25)18-7-9-20(10-8-18)24-22(26)21(19-5-3-2-4-6-19)15-17-11-13-23-14-12-17/h2-14,21H,15H2,1H3,(H,24,26). The summed E-state index contributed by atoms with van der Waals surface area (Å²) in [5.74, 6) is -0.391. The van der Waals surface area contributed by atoms with Crippen LogP contribution in [0.25, 0.3) is 0 Å². The smallest absolute Gasteiger partial charge is 0.232 e. The molecule has 0 radical (unpaired) electrons. The third-order valence-corrected chi connectivity index (χ3v) is 4.27. The Morgan fingerprint density at radius 1 is 0.923 bits per heavy atom. The molecule has 130 valence electrons. The summed E-state index contributed by atoms with van der Waals surface area (Å²) in [7, 11) is 0. The highest BCUT2D eigenvalue weighted by Crippen LogP contribution is 2.23. The minimum absolute atomic E-state index is 0.00252. The zero-order valence-electron chi connectivity index (χ0n) is 14.6. The normalized spacial score (nSPS) is 11.6. The zero-order chi connectivity index (χ0) is 18.4. The van der Waals surface area contributed by atoms with Crippen LogP contribution in [0, 0.1) is 0 Å². The van der Waals surface area contributed by atoms with E-state index in [1.807, 2.05) is 42.5 Å². The number of rotatable bonds is 6. The molecule has 0 aliphatic carbocycles. The van der Waals surface area contributed by atoms with Gasteiger partial charge in [-0.15, -0.1) is 0 Å². The van der Waals surface area contributed by atoms with Crippen LogP contribution in [0.4, 0.5) is 5.69 Å². The lowest BCUT2D eigenvalue weighted by molar-refractivity contribution is -0.117. The van der Waals surface area contributed by atoms with Crippen LogP contribution in [-0.4, -0.2) is 16.7 Å². The molecule has 0 aliphatic heterocycles. The molecule has 0 saturated heterocycles. The predicted molar refractivity (Wildman–Crippen MR) is 102 cm³/mol. The molecule has 2 aromatic carbocycles. The Kier molecular flexibility index (Phi) is 5.54. The van der Waals surface area contributed by atoms with E-state index in [0.29, 0.717) is 17.7 Å². The van der Waals surface area contributed by atoms with Crippen LogP contribution in [0.1, 0.15) is 34.3 Å². The van der Waals surface area contributed by atoms with Crippen LogP contribution in [-0.2, 0) is 11.2 Å². The predicted octanol–water partition coefficient (Wildman–Crippen LogP) is 4.25. The fraction of sp³-hybridized carbons (Fsp3) is 0.136. The second-order valence-corrected chi connectivity index (χ2v) is 6.15. The number of carbonyl (C=O) groups excluding carboxylic acids is 2. The quantitative estimate of drug-likeness (QED) is 0.680. The number of nitrogens with zero attached hydrogens (tertiary/aromatic N) is 1. The van der Waals surface area contributed by atoms with E-state index in [9.17, 15) is 9.59 Å². The van der Waals surface area contributed by atoms with E-state index in [1.54, 1.807) is 36.7 Å². The maximum absolute atomic E-state index is 12.9. The molecule has 1 unspecified atom stereocenters. The van der Waals surface area contributed by atoms with Gasteiger partial charge < -0.3 is 5.32 Å². The van der Waals surface area contributed by atoms with Crippen LogP contribution in [0.2, 0.25) is 0 Å². The molecule has 0 spiro atoms. The SMILES string of the molecule is CC(=O)c1ccc(NC(=O)C(Cc2ccncc2)c2ccccc2)cc1. The summed E-state index contributed by atoms with van der Waals surface area (Å²) >= 11 is 0. The molecule has 1 amide bonds. The van der Waals surface area contributed by atoms with Gasteiger partial charge in [0.2, 0.25) is 5.91 Å². The van der Waals surface area contributed by atoms with Gasteiger partial charge >= 0.3 is 0 Å². The van der Waals surface area contributed by atoms with Gasteiger partial charge in [0.25, 0.3) is 0 Å². The molecule has 0 aliphatic rings. The molecule has 26 heavy (non-hydrogen) atoms. The number of pyridine rings is 1. The summed E-state index contributed by atoms with van der Waals surface area (Å²) in [6.45, 7) is 1.52. The van der Waals surface area contributed by atoms with Crippen molar-refractivity contribution >= 4 is 17.4 Å². The summed E-state index contributed by atoms with van der Waals surface area (Å²) in [6.07, 6.45) is 4.05. The molecule has 0 saturated carbocycles. The molecule has 0 fully saturated rings. The first-order chi connectivity index (χ1) is 12.6. The lowest BCUT2D eigenvalue weighted by atomic mass is 9.91. The fourth-order valence-electron chi connectivity index (χ4n) is 2.82. The van der Waals surface area contributed by atoms with E-state index in [4.69, 9.17) is 0 Å².